The van der Waals surface area contributed by atoms with E-state index in [1.807, 2.05) is 0 Å². The van der Waals surface area contributed by atoms with Gasteiger partial charge in [0.2, 0.25) is 11.8 Å². The number of amides is 2. The van der Waals surface area contributed by atoms with Crippen molar-refractivity contribution in [3.63, 3.8) is 0 Å². The number of nitrogens with zero attached hydrogens (tertiary/aromatic N) is 1. The first-order chi connectivity index (χ1) is 12.9. The van der Waals surface area contributed by atoms with E-state index < -0.39 is 35.5 Å². The lowest BCUT2D eigenvalue weighted by molar-refractivity contribution is -0.125. The van der Waals surface area contributed by atoms with Gasteiger partial charge in [-0.15, -0.1) is 0 Å². The fraction of sp³-hybridized carbons (Fsp3) is 0.263. The largest absolute Gasteiger partial charge is 0.489 e. The van der Waals surface area contributed by atoms with Crippen LogP contribution in [0.15, 0.2) is 36.4 Å². The molecule has 1 atom stereocenters. The lowest BCUT2D eigenvalue weighted by atomic mass is 10.1. The maximum atomic E-state index is 13.6. The second-order valence-electron chi connectivity index (χ2n) is 6.12. The van der Waals surface area contributed by atoms with Crippen LogP contribution in [0, 0.1) is 23.4 Å². The summed E-state index contributed by atoms with van der Waals surface area (Å²) in [5.74, 6) is -3.79. The summed E-state index contributed by atoms with van der Waals surface area (Å²) in [4.78, 5) is 25.3. The third kappa shape index (κ3) is 3.89. The number of carbonyl (C=O) groups is 2. The maximum Gasteiger partial charge on any atom is 0.227 e. The van der Waals surface area contributed by atoms with E-state index in [2.05, 4.69) is 5.32 Å². The molecule has 1 saturated heterocycles. The van der Waals surface area contributed by atoms with Gasteiger partial charge in [-0.2, -0.15) is 0 Å². The molecule has 2 aromatic carbocycles. The van der Waals surface area contributed by atoms with E-state index in [0.29, 0.717) is 17.5 Å². The van der Waals surface area contributed by atoms with Crippen molar-refractivity contribution in [2.45, 2.75) is 13.0 Å². The molecule has 0 bridgehead atoms. The SMILES string of the molecule is CNC(=O)C1CC(=O)N(c2ccc(OCc3c(F)ccc(F)c3F)cc2)C1. The third-order valence-electron chi connectivity index (χ3n) is 4.41. The first kappa shape index (κ1) is 18.8. The quantitative estimate of drug-likeness (QED) is 0.814. The van der Waals surface area contributed by atoms with Crippen molar-refractivity contribution >= 4 is 17.5 Å². The summed E-state index contributed by atoms with van der Waals surface area (Å²) in [5, 5.41) is 2.53. The molecule has 0 spiro atoms. The van der Waals surface area contributed by atoms with Gasteiger partial charge >= 0.3 is 0 Å². The molecular formula is C19H17F3N2O3. The second-order valence-corrected chi connectivity index (χ2v) is 6.12. The fourth-order valence-electron chi connectivity index (χ4n) is 2.92. The molecule has 27 heavy (non-hydrogen) atoms. The molecule has 3 rings (SSSR count). The van der Waals surface area contributed by atoms with Crippen molar-refractivity contribution < 1.29 is 27.5 Å². The molecule has 142 valence electrons. The molecule has 1 aliphatic heterocycles. The van der Waals surface area contributed by atoms with E-state index in [4.69, 9.17) is 4.74 Å². The summed E-state index contributed by atoms with van der Waals surface area (Å²) in [7, 11) is 1.52. The molecule has 1 unspecified atom stereocenters. The number of hydrogen-bond donors (Lipinski definition) is 1. The van der Waals surface area contributed by atoms with Gasteiger partial charge in [-0.1, -0.05) is 0 Å². The number of anilines is 1. The summed E-state index contributed by atoms with van der Waals surface area (Å²) >= 11 is 0. The average Bonchev–Trinajstić information content (AvgIpc) is 3.06. The van der Waals surface area contributed by atoms with E-state index in [1.165, 1.54) is 24.1 Å². The van der Waals surface area contributed by atoms with Gasteiger partial charge in [0.1, 0.15) is 18.2 Å². The van der Waals surface area contributed by atoms with Crippen LogP contribution in [0.4, 0.5) is 18.9 Å². The number of benzene rings is 2. The zero-order valence-corrected chi connectivity index (χ0v) is 14.5. The molecule has 0 saturated carbocycles. The van der Waals surface area contributed by atoms with Gasteiger partial charge in [0.25, 0.3) is 0 Å². The number of nitrogens with one attached hydrogen (secondary N) is 1. The summed E-state index contributed by atoms with van der Waals surface area (Å²) < 4.78 is 45.8. The first-order valence-electron chi connectivity index (χ1n) is 8.28. The Morgan fingerprint density at radius 2 is 1.81 bits per heavy atom. The molecule has 1 aliphatic rings. The van der Waals surface area contributed by atoms with Crippen LogP contribution in [0.25, 0.3) is 0 Å². The number of hydrogen-bond acceptors (Lipinski definition) is 3. The van der Waals surface area contributed by atoms with Crippen LogP contribution in [0.3, 0.4) is 0 Å². The standard InChI is InChI=1S/C19H17F3N2O3/c1-23-19(26)11-8-17(25)24(9-11)12-2-4-13(5-3-12)27-10-14-15(20)6-7-16(21)18(14)22/h2-7,11H,8-10H2,1H3,(H,23,26). The van der Waals surface area contributed by atoms with Crippen LogP contribution in [0.2, 0.25) is 0 Å². The summed E-state index contributed by atoms with van der Waals surface area (Å²) in [6, 6.07) is 7.83. The molecule has 1 heterocycles. The average molecular weight is 378 g/mol. The molecule has 2 aromatic rings. The zero-order valence-electron chi connectivity index (χ0n) is 14.5. The minimum absolute atomic E-state index is 0.135. The third-order valence-corrected chi connectivity index (χ3v) is 4.41. The number of ether oxygens (including phenoxy) is 1. The summed E-state index contributed by atoms with van der Waals surface area (Å²) in [5.41, 5.74) is 0.0871. The summed E-state index contributed by atoms with van der Waals surface area (Å²) in [6.07, 6.45) is 0.135. The molecule has 0 aliphatic carbocycles. The second kappa shape index (κ2) is 7.69. The highest BCUT2D eigenvalue weighted by atomic mass is 19.2. The highest BCUT2D eigenvalue weighted by molar-refractivity contribution is 6.00. The van der Waals surface area contributed by atoms with Crippen LogP contribution in [-0.2, 0) is 16.2 Å². The zero-order chi connectivity index (χ0) is 19.6. The maximum absolute atomic E-state index is 13.6. The van der Waals surface area contributed by atoms with E-state index in [-0.39, 0.29) is 24.8 Å². The molecular weight excluding hydrogens is 361 g/mol. The van der Waals surface area contributed by atoms with Crippen LogP contribution in [0.1, 0.15) is 12.0 Å². The van der Waals surface area contributed by atoms with Gasteiger partial charge in [0.15, 0.2) is 11.6 Å². The topological polar surface area (TPSA) is 58.6 Å². The Labute approximate surface area is 153 Å². The Morgan fingerprint density at radius 1 is 1.15 bits per heavy atom. The lowest BCUT2D eigenvalue weighted by Crippen LogP contribution is -2.30. The van der Waals surface area contributed by atoms with Gasteiger partial charge in [0, 0.05) is 25.7 Å². The Bertz CT molecular complexity index is 871. The van der Waals surface area contributed by atoms with E-state index >= 15 is 0 Å². The van der Waals surface area contributed by atoms with Crippen LogP contribution >= 0.6 is 0 Å². The lowest BCUT2D eigenvalue weighted by Gasteiger charge is -2.17. The van der Waals surface area contributed by atoms with Crippen LogP contribution in [0.5, 0.6) is 5.75 Å². The van der Waals surface area contributed by atoms with E-state index in [0.717, 1.165) is 6.07 Å². The number of carbonyl (C=O) groups excluding carboxylic acids is 2. The van der Waals surface area contributed by atoms with Gasteiger partial charge in [-0.3, -0.25) is 9.59 Å². The fourth-order valence-corrected chi connectivity index (χ4v) is 2.92. The monoisotopic (exact) mass is 378 g/mol. The Balaban J connectivity index is 1.67. The number of rotatable bonds is 5. The van der Waals surface area contributed by atoms with Gasteiger partial charge in [-0.05, 0) is 36.4 Å². The highest BCUT2D eigenvalue weighted by Gasteiger charge is 2.34. The van der Waals surface area contributed by atoms with Crippen molar-refractivity contribution in [1.29, 1.82) is 0 Å². The molecule has 5 nitrogen and oxygen atoms in total. The van der Waals surface area contributed by atoms with E-state index in [1.54, 1.807) is 12.1 Å². The molecule has 1 fully saturated rings. The Kier molecular flexibility index (Phi) is 5.34. The molecule has 1 N–H and O–H groups in total. The first-order valence-corrected chi connectivity index (χ1v) is 8.28. The minimum Gasteiger partial charge on any atom is -0.489 e. The smallest absolute Gasteiger partial charge is 0.227 e. The summed E-state index contributed by atoms with van der Waals surface area (Å²) in [6.45, 7) is -0.200. The molecule has 8 heteroatoms. The predicted octanol–water partition coefficient (Wildman–Crippen LogP) is 2.78. The van der Waals surface area contributed by atoms with Crippen molar-refractivity contribution in [3.8, 4) is 5.75 Å². The highest BCUT2D eigenvalue weighted by Crippen LogP contribution is 2.27. The van der Waals surface area contributed by atoms with Crippen LogP contribution < -0.4 is 15.0 Å². The van der Waals surface area contributed by atoms with E-state index in [9.17, 15) is 22.8 Å². The predicted molar refractivity (Wildman–Crippen MR) is 91.6 cm³/mol. The van der Waals surface area contributed by atoms with Gasteiger partial charge < -0.3 is 15.0 Å². The van der Waals surface area contributed by atoms with Crippen LogP contribution in [-0.4, -0.2) is 25.4 Å². The van der Waals surface area contributed by atoms with Crippen molar-refractivity contribution in [3.05, 3.63) is 59.4 Å². The van der Waals surface area contributed by atoms with Crippen molar-refractivity contribution in [1.82, 2.24) is 5.32 Å². The van der Waals surface area contributed by atoms with Gasteiger partial charge in [-0.25, -0.2) is 13.2 Å². The Hall–Kier alpha value is -3.03. The van der Waals surface area contributed by atoms with Crippen molar-refractivity contribution in [2.75, 3.05) is 18.5 Å². The minimum atomic E-state index is -1.28. The molecule has 0 aromatic heterocycles. The Morgan fingerprint density at radius 3 is 2.48 bits per heavy atom. The normalized spacial score (nSPS) is 16.5. The molecule has 0 radical (unpaired) electrons. The number of halogens is 3. The van der Waals surface area contributed by atoms with Gasteiger partial charge in [0.05, 0.1) is 11.5 Å². The van der Waals surface area contributed by atoms with Crippen molar-refractivity contribution in [2.24, 2.45) is 5.92 Å². The molecule has 2 amide bonds.